The monoisotopic (exact) mass is 257 g/mol. The Morgan fingerprint density at radius 2 is 2.00 bits per heavy atom. The van der Waals surface area contributed by atoms with Gasteiger partial charge in [-0.1, -0.05) is 12.8 Å². The number of nitrogens with zero attached hydrogens (tertiary/aromatic N) is 1. The van der Waals surface area contributed by atoms with Crippen LogP contribution in [0.3, 0.4) is 0 Å². The zero-order valence-corrected chi connectivity index (χ0v) is 11.5. The zero-order valence-electron chi connectivity index (χ0n) is 11.5. The van der Waals surface area contributed by atoms with Crippen molar-refractivity contribution in [1.29, 1.82) is 0 Å². The van der Waals surface area contributed by atoms with Crippen molar-refractivity contribution in [2.75, 3.05) is 32.9 Å². The molecule has 0 bridgehead atoms. The summed E-state index contributed by atoms with van der Waals surface area (Å²) in [5.74, 6) is 0. The number of aliphatic hydroxyl groups is 1. The summed E-state index contributed by atoms with van der Waals surface area (Å²) in [6, 6.07) is 0.374. The van der Waals surface area contributed by atoms with E-state index in [0.29, 0.717) is 25.4 Å². The normalized spacial score (nSPS) is 34.0. The first kappa shape index (κ1) is 14.3. The molecule has 3 atom stereocenters. The van der Waals surface area contributed by atoms with Crippen molar-refractivity contribution in [3.8, 4) is 0 Å². The first-order chi connectivity index (χ1) is 8.81. The fourth-order valence-corrected chi connectivity index (χ4v) is 3.13. The smallest absolute Gasteiger partial charge is 0.0715 e. The molecule has 1 heterocycles. The largest absolute Gasteiger partial charge is 0.391 e. The van der Waals surface area contributed by atoms with Crippen LogP contribution in [0, 0.1) is 0 Å². The Morgan fingerprint density at radius 3 is 2.78 bits per heavy atom. The van der Waals surface area contributed by atoms with Gasteiger partial charge in [0.1, 0.15) is 0 Å². The van der Waals surface area contributed by atoms with Gasteiger partial charge in [0.2, 0.25) is 0 Å². The second-order valence-corrected chi connectivity index (χ2v) is 5.39. The van der Waals surface area contributed by atoms with E-state index in [1.54, 1.807) is 0 Å². The molecule has 18 heavy (non-hydrogen) atoms. The Balaban J connectivity index is 1.67. The third-order valence-electron chi connectivity index (χ3n) is 4.12. The lowest BCUT2D eigenvalue weighted by atomic mass is 9.91. The maximum atomic E-state index is 10.1. The molecular formula is C14H27NO3. The summed E-state index contributed by atoms with van der Waals surface area (Å²) in [6.07, 6.45) is 5.85. The molecule has 0 aromatic rings. The van der Waals surface area contributed by atoms with Gasteiger partial charge in [-0.3, -0.25) is 4.90 Å². The van der Waals surface area contributed by atoms with Crippen LogP contribution < -0.4 is 0 Å². The fourth-order valence-electron chi connectivity index (χ4n) is 3.13. The van der Waals surface area contributed by atoms with Crippen molar-refractivity contribution in [1.82, 2.24) is 4.90 Å². The van der Waals surface area contributed by atoms with Crippen LogP contribution in [0.1, 0.15) is 39.0 Å². The SMILES string of the molecule is CCOCCO[C@H]1CCN([C@H]2CCCC[C@@H]2O)C1. The highest BCUT2D eigenvalue weighted by molar-refractivity contribution is 4.88. The average molecular weight is 257 g/mol. The van der Waals surface area contributed by atoms with Gasteiger partial charge in [0.25, 0.3) is 0 Å². The summed E-state index contributed by atoms with van der Waals surface area (Å²) in [7, 11) is 0. The van der Waals surface area contributed by atoms with E-state index in [4.69, 9.17) is 9.47 Å². The minimum Gasteiger partial charge on any atom is -0.391 e. The molecule has 106 valence electrons. The maximum absolute atomic E-state index is 10.1. The first-order valence-corrected chi connectivity index (χ1v) is 7.42. The number of hydrogen-bond acceptors (Lipinski definition) is 4. The van der Waals surface area contributed by atoms with Crippen molar-refractivity contribution in [3.05, 3.63) is 0 Å². The van der Waals surface area contributed by atoms with Crippen LogP contribution in [-0.4, -0.2) is 61.2 Å². The number of aliphatic hydroxyl groups excluding tert-OH is 1. The lowest BCUT2D eigenvalue weighted by Gasteiger charge is -2.35. The standard InChI is InChI=1S/C14H27NO3/c1-2-17-9-10-18-12-7-8-15(11-12)13-5-3-4-6-14(13)16/h12-14,16H,2-11H2,1H3/t12-,13-,14-/m0/s1. The number of hydrogen-bond donors (Lipinski definition) is 1. The van der Waals surface area contributed by atoms with Crippen LogP contribution in [0.5, 0.6) is 0 Å². The van der Waals surface area contributed by atoms with E-state index in [9.17, 15) is 5.11 Å². The molecule has 0 unspecified atom stereocenters. The van der Waals surface area contributed by atoms with Crippen LogP contribution in [0.25, 0.3) is 0 Å². The molecular weight excluding hydrogens is 230 g/mol. The number of rotatable bonds is 6. The lowest BCUT2D eigenvalue weighted by Crippen LogP contribution is -2.44. The first-order valence-electron chi connectivity index (χ1n) is 7.42. The predicted molar refractivity (Wildman–Crippen MR) is 70.7 cm³/mol. The van der Waals surface area contributed by atoms with Gasteiger partial charge in [0, 0.05) is 25.7 Å². The van der Waals surface area contributed by atoms with Crippen molar-refractivity contribution >= 4 is 0 Å². The van der Waals surface area contributed by atoms with E-state index in [0.717, 1.165) is 39.0 Å². The summed E-state index contributed by atoms with van der Waals surface area (Å²) in [5.41, 5.74) is 0. The van der Waals surface area contributed by atoms with Crippen molar-refractivity contribution in [3.63, 3.8) is 0 Å². The van der Waals surface area contributed by atoms with E-state index in [1.165, 1.54) is 12.8 Å². The number of ether oxygens (including phenoxy) is 2. The molecule has 4 heteroatoms. The third-order valence-corrected chi connectivity index (χ3v) is 4.12. The summed E-state index contributed by atoms with van der Waals surface area (Å²) in [4.78, 5) is 2.43. The van der Waals surface area contributed by atoms with Gasteiger partial charge in [-0.15, -0.1) is 0 Å². The highest BCUT2D eigenvalue weighted by Crippen LogP contribution is 2.26. The van der Waals surface area contributed by atoms with E-state index < -0.39 is 0 Å². The maximum Gasteiger partial charge on any atom is 0.0715 e. The molecule has 4 nitrogen and oxygen atoms in total. The molecule has 2 aliphatic rings. The average Bonchev–Trinajstić information content (AvgIpc) is 2.84. The molecule has 2 rings (SSSR count). The van der Waals surface area contributed by atoms with Crippen molar-refractivity contribution in [2.45, 2.75) is 57.3 Å². The number of likely N-dealkylation sites (tertiary alicyclic amines) is 1. The van der Waals surface area contributed by atoms with Gasteiger partial charge in [-0.05, 0) is 26.2 Å². The minimum absolute atomic E-state index is 0.124. The van der Waals surface area contributed by atoms with Crippen LogP contribution in [0.15, 0.2) is 0 Å². The Labute approximate surface area is 110 Å². The lowest BCUT2D eigenvalue weighted by molar-refractivity contribution is -0.00341. The van der Waals surface area contributed by atoms with E-state index in [1.807, 2.05) is 6.92 Å². The Bertz CT molecular complexity index is 237. The molecule has 1 saturated heterocycles. The predicted octanol–water partition coefficient (Wildman–Crippen LogP) is 1.42. The van der Waals surface area contributed by atoms with Gasteiger partial charge in [-0.25, -0.2) is 0 Å². The highest BCUT2D eigenvalue weighted by atomic mass is 16.5. The summed E-state index contributed by atoms with van der Waals surface area (Å²) in [6.45, 7) is 6.20. The summed E-state index contributed by atoms with van der Waals surface area (Å²) >= 11 is 0. The Morgan fingerprint density at radius 1 is 1.17 bits per heavy atom. The molecule has 0 radical (unpaired) electrons. The van der Waals surface area contributed by atoms with E-state index in [2.05, 4.69) is 4.90 Å². The zero-order chi connectivity index (χ0) is 12.8. The summed E-state index contributed by atoms with van der Waals surface area (Å²) < 4.78 is 11.1. The minimum atomic E-state index is -0.124. The van der Waals surface area contributed by atoms with Gasteiger partial charge < -0.3 is 14.6 Å². The van der Waals surface area contributed by atoms with Crippen LogP contribution in [-0.2, 0) is 9.47 Å². The van der Waals surface area contributed by atoms with E-state index in [-0.39, 0.29) is 6.10 Å². The third kappa shape index (κ3) is 3.92. The quantitative estimate of drug-likeness (QED) is 0.731. The van der Waals surface area contributed by atoms with Crippen LogP contribution >= 0.6 is 0 Å². The molecule has 1 N–H and O–H groups in total. The summed E-state index contributed by atoms with van der Waals surface area (Å²) in [5, 5.41) is 10.1. The van der Waals surface area contributed by atoms with Crippen LogP contribution in [0.4, 0.5) is 0 Å². The van der Waals surface area contributed by atoms with Gasteiger partial charge in [0.05, 0.1) is 25.4 Å². The Hall–Kier alpha value is -0.160. The van der Waals surface area contributed by atoms with Gasteiger partial charge >= 0.3 is 0 Å². The van der Waals surface area contributed by atoms with Crippen molar-refractivity contribution in [2.24, 2.45) is 0 Å². The molecule has 1 saturated carbocycles. The molecule has 0 spiro atoms. The molecule has 0 aromatic carbocycles. The Kier molecular flexibility index (Phi) is 5.89. The molecule has 1 aliphatic carbocycles. The topological polar surface area (TPSA) is 41.9 Å². The highest BCUT2D eigenvalue weighted by Gasteiger charge is 2.33. The van der Waals surface area contributed by atoms with Crippen molar-refractivity contribution < 1.29 is 14.6 Å². The van der Waals surface area contributed by atoms with Crippen LogP contribution in [0.2, 0.25) is 0 Å². The molecule has 0 aromatic heterocycles. The molecule has 1 aliphatic heterocycles. The fraction of sp³-hybridized carbons (Fsp3) is 1.00. The van der Waals surface area contributed by atoms with E-state index >= 15 is 0 Å². The van der Waals surface area contributed by atoms with Gasteiger partial charge in [0.15, 0.2) is 0 Å². The second kappa shape index (κ2) is 7.43. The molecule has 2 fully saturated rings. The second-order valence-electron chi connectivity index (χ2n) is 5.39. The molecule has 0 amide bonds. The van der Waals surface area contributed by atoms with Gasteiger partial charge in [-0.2, -0.15) is 0 Å².